The number of hydrogen-bond acceptors (Lipinski definition) is 1. The van der Waals surface area contributed by atoms with Gasteiger partial charge in [-0.2, -0.15) is 0 Å². The van der Waals surface area contributed by atoms with E-state index in [1.807, 2.05) is 25.4 Å². The van der Waals surface area contributed by atoms with Gasteiger partial charge < -0.3 is 10.3 Å². The molecular formula is C17H17FN2. The summed E-state index contributed by atoms with van der Waals surface area (Å²) in [6.45, 7) is 0.840. The largest absolute Gasteiger partial charge is 0.361 e. The lowest BCUT2D eigenvalue weighted by atomic mass is 10.0. The van der Waals surface area contributed by atoms with Crippen molar-refractivity contribution < 1.29 is 4.39 Å². The summed E-state index contributed by atoms with van der Waals surface area (Å²) in [6.07, 6.45) is 2.64. The van der Waals surface area contributed by atoms with Crippen molar-refractivity contribution in [3.8, 4) is 0 Å². The zero-order valence-electron chi connectivity index (χ0n) is 11.4. The van der Waals surface area contributed by atoms with Gasteiger partial charge >= 0.3 is 0 Å². The van der Waals surface area contributed by atoms with Gasteiger partial charge in [0.1, 0.15) is 5.82 Å². The predicted octanol–water partition coefficient (Wildman–Crippen LogP) is 3.62. The van der Waals surface area contributed by atoms with Crippen LogP contribution >= 0.6 is 0 Å². The molecule has 1 heterocycles. The minimum atomic E-state index is -0.144. The summed E-state index contributed by atoms with van der Waals surface area (Å²) < 4.78 is 13.7. The highest BCUT2D eigenvalue weighted by molar-refractivity contribution is 5.83. The van der Waals surface area contributed by atoms with Crippen LogP contribution in [-0.2, 0) is 13.0 Å². The van der Waals surface area contributed by atoms with Crippen molar-refractivity contribution in [1.82, 2.24) is 10.3 Å². The Morgan fingerprint density at radius 1 is 1.10 bits per heavy atom. The van der Waals surface area contributed by atoms with E-state index in [0.29, 0.717) is 6.42 Å². The Bertz CT molecular complexity index is 731. The normalized spacial score (nSPS) is 11.1. The predicted molar refractivity (Wildman–Crippen MR) is 80.3 cm³/mol. The number of fused-ring (bicyclic) bond motifs is 1. The molecular weight excluding hydrogens is 251 g/mol. The number of aromatic nitrogens is 1. The zero-order valence-corrected chi connectivity index (χ0v) is 11.4. The first-order valence-corrected chi connectivity index (χ1v) is 6.75. The standard InChI is InChI=1S/C17H17FN2/c1-19-10-14-11-20-17-9-12(6-7-15(14)17)8-13-4-2-3-5-16(13)18/h2-7,9,11,19-20H,8,10H2,1H3. The van der Waals surface area contributed by atoms with E-state index >= 15 is 0 Å². The van der Waals surface area contributed by atoms with Crippen LogP contribution in [0.2, 0.25) is 0 Å². The second-order valence-electron chi connectivity index (χ2n) is 4.99. The van der Waals surface area contributed by atoms with E-state index in [4.69, 9.17) is 0 Å². The lowest BCUT2D eigenvalue weighted by Gasteiger charge is -2.04. The van der Waals surface area contributed by atoms with Crippen LogP contribution in [-0.4, -0.2) is 12.0 Å². The first-order chi connectivity index (χ1) is 9.78. The van der Waals surface area contributed by atoms with E-state index in [9.17, 15) is 4.39 Å². The van der Waals surface area contributed by atoms with Crippen molar-refractivity contribution >= 4 is 10.9 Å². The van der Waals surface area contributed by atoms with Crippen molar-refractivity contribution in [3.05, 3.63) is 71.2 Å². The van der Waals surface area contributed by atoms with E-state index in [-0.39, 0.29) is 5.82 Å². The summed E-state index contributed by atoms with van der Waals surface area (Å²) >= 11 is 0. The molecule has 102 valence electrons. The SMILES string of the molecule is CNCc1c[nH]c2cc(Cc3ccccc3F)ccc12. The molecule has 0 fully saturated rings. The molecule has 0 amide bonds. The quantitative estimate of drug-likeness (QED) is 0.743. The molecule has 0 atom stereocenters. The summed E-state index contributed by atoms with van der Waals surface area (Å²) in [5, 5.41) is 4.37. The van der Waals surface area contributed by atoms with Crippen molar-refractivity contribution in [2.24, 2.45) is 0 Å². The van der Waals surface area contributed by atoms with E-state index in [1.165, 1.54) is 17.0 Å². The number of benzene rings is 2. The fourth-order valence-corrected chi connectivity index (χ4v) is 2.54. The lowest BCUT2D eigenvalue weighted by molar-refractivity contribution is 0.614. The first-order valence-electron chi connectivity index (χ1n) is 6.75. The van der Waals surface area contributed by atoms with Crippen molar-refractivity contribution in [3.63, 3.8) is 0 Å². The Morgan fingerprint density at radius 2 is 1.95 bits per heavy atom. The van der Waals surface area contributed by atoms with Gasteiger partial charge in [-0.3, -0.25) is 0 Å². The maximum Gasteiger partial charge on any atom is 0.126 e. The molecule has 3 heteroatoms. The smallest absolute Gasteiger partial charge is 0.126 e. The highest BCUT2D eigenvalue weighted by Crippen LogP contribution is 2.21. The fourth-order valence-electron chi connectivity index (χ4n) is 2.54. The summed E-state index contributed by atoms with van der Waals surface area (Å²) in [6, 6.07) is 13.2. The maximum absolute atomic E-state index is 13.7. The average molecular weight is 268 g/mol. The molecule has 0 bridgehead atoms. The van der Waals surface area contributed by atoms with Crippen LogP contribution in [0.15, 0.2) is 48.7 Å². The second-order valence-corrected chi connectivity index (χ2v) is 4.99. The van der Waals surface area contributed by atoms with E-state index in [2.05, 4.69) is 28.5 Å². The van der Waals surface area contributed by atoms with Crippen LogP contribution in [0.1, 0.15) is 16.7 Å². The Morgan fingerprint density at radius 3 is 2.75 bits per heavy atom. The van der Waals surface area contributed by atoms with Crippen molar-refractivity contribution in [2.45, 2.75) is 13.0 Å². The first kappa shape index (κ1) is 12.9. The molecule has 0 radical (unpaired) electrons. The number of rotatable bonds is 4. The highest BCUT2D eigenvalue weighted by Gasteiger charge is 2.06. The van der Waals surface area contributed by atoms with Gasteiger partial charge in [0, 0.05) is 30.1 Å². The van der Waals surface area contributed by atoms with Crippen LogP contribution in [0.4, 0.5) is 4.39 Å². The van der Waals surface area contributed by atoms with Crippen LogP contribution in [0.3, 0.4) is 0 Å². The summed E-state index contributed by atoms with van der Waals surface area (Å²) in [5.74, 6) is -0.144. The number of hydrogen-bond donors (Lipinski definition) is 2. The molecule has 3 rings (SSSR count). The van der Waals surface area contributed by atoms with E-state index < -0.39 is 0 Å². The van der Waals surface area contributed by atoms with Gasteiger partial charge in [0.05, 0.1) is 0 Å². The molecule has 0 aliphatic carbocycles. The average Bonchev–Trinajstić information content (AvgIpc) is 2.85. The van der Waals surface area contributed by atoms with Gasteiger partial charge in [-0.05, 0) is 35.9 Å². The molecule has 2 N–H and O–H groups in total. The van der Waals surface area contributed by atoms with E-state index in [0.717, 1.165) is 23.2 Å². The molecule has 1 aromatic heterocycles. The minimum Gasteiger partial charge on any atom is -0.361 e. The summed E-state index contributed by atoms with van der Waals surface area (Å²) in [4.78, 5) is 3.28. The van der Waals surface area contributed by atoms with E-state index in [1.54, 1.807) is 6.07 Å². The molecule has 2 nitrogen and oxygen atoms in total. The molecule has 0 spiro atoms. The Hall–Kier alpha value is -2.13. The van der Waals surface area contributed by atoms with Gasteiger partial charge in [-0.25, -0.2) is 4.39 Å². The van der Waals surface area contributed by atoms with Gasteiger partial charge in [-0.15, -0.1) is 0 Å². The third-order valence-corrected chi connectivity index (χ3v) is 3.55. The Balaban J connectivity index is 1.92. The summed E-state index contributed by atoms with van der Waals surface area (Å²) in [7, 11) is 1.94. The van der Waals surface area contributed by atoms with Crippen LogP contribution in [0, 0.1) is 5.82 Å². The molecule has 0 aliphatic rings. The molecule has 0 saturated carbocycles. The Labute approximate surface area is 117 Å². The van der Waals surface area contributed by atoms with Gasteiger partial charge in [0.2, 0.25) is 0 Å². The number of aromatic amines is 1. The molecule has 3 aromatic rings. The third-order valence-electron chi connectivity index (χ3n) is 3.55. The van der Waals surface area contributed by atoms with Crippen LogP contribution in [0.25, 0.3) is 10.9 Å². The third kappa shape index (κ3) is 2.45. The molecule has 2 aromatic carbocycles. The van der Waals surface area contributed by atoms with Gasteiger partial charge in [0.25, 0.3) is 0 Å². The monoisotopic (exact) mass is 268 g/mol. The van der Waals surface area contributed by atoms with Crippen molar-refractivity contribution in [2.75, 3.05) is 7.05 Å². The molecule has 0 aliphatic heterocycles. The van der Waals surface area contributed by atoms with Gasteiger partial charge in [-0.1, -0.05) is 30.3 Å². The second kappa shape index (κ2) is 5.47. The lowest BCUT2D eigenvalue weighted by Crippen LogP contribution is -2.03. The van der Waals surface area contributed by atoms with Gasteiger partial charge in [0.15, 0.2) is 0 Å². The fraction of sp³-hybridized carbons (Fsp3) is 0.176. The van der Waals surface area contributed by atoms with Crippen molar-refractivity contribution in [1.29, 1.82) is 0 Å². The van der Waals surface area contributed by atoms with Crippen LogP contribution < -0.4 is 5.32 Å². The number of H-pyrrole nitrogens is 1. The molecule has 0 unspecified atom stereocenters. The minimum absolute atomic E-state index is 0.144. The number of halogens is 1. The topological polar surface area (TPSA) is 27.8 Å². The van der Waals surface area contributed by atoms with Crippen LogP contribution in [0.5, 0.6) is 0 Å². The molecule has 20 heavy (non-hydrogen) atoms. The molecule has 0 saturated heterocycles. The number of nitrogens with one attached hydrogen (secondary N) is 2. The maximum atomic E-state index is 13.7. The Kier molecular flexibility index (Phi) is 3.52. The zero-order chi connectivity index (χ0) is 13.9. The summed E-state index contributed by atoms with van der Waals surface area (Å²) in [5.41, 5.74) is 4.19. The highest BCUT2D eigenvalue weighted by atomic mass is 19.1.